The summed E-state index contributed by atoms with van der Waals surface area (Å²) in [6.45, 7) is 2.40. The normalized spacial score (nSPS) is 21.6. The van der Waals surface area contributed by atoms with Crippen molar-refractivity contribution in [1.82, 2.24) is 10.6 Å². The molecule has 2 aliphatic rings. The van der Waals surface area contributed by atoms with Gasteiger partial charge in [0, 0.05) is 13.1 Å². The largest absolute Gasteiger partial charge is 0.486 e. The number of hydrogen-bond donors (Lipinski definition) is 2. The molecule has 0 unspecified atom stereocenters. The Balaban J connectivity index is 1.67. The third-order valence-corrected chi connectivity index (χ3v) is 4.03. The van der Waals surface area contributed by atoms with Crippen LogP contribution in [0.5, 0.6) is 11.5 Å². The zero-order valence-corrected chi connectivity index (χ0v) is 12.5. The lowest BCUT2D eigenvalue weighted by molar-refractivity contribution is -0.122. The Bertz CT molecular complexity index is 536. The fourth-order valence-electron chi connectivity index (χ4n) is 2.64. The van der Waals surface area contributed by atoms with E-state index in [1.807, 2.05) is 12.1 Å². The molecular weight excluding hydrogens is 292 g/mol. The maximum absolute atomic E-state index is 11.9. The Labute approximate surface area is 128 Å². The van der Waals surface area contributed by atoms with E-state index in [9.17, 15) is 4.79 Å². The molecule has 3 rings (SSSR count). The summed E-state index contributed by atoms with van der Waals surface area (Å²) >= 11 is 6.21. The molecule has 0 saturated carbocycles. The number of amides is 1. The molecule has 0 spiro atoms. The second kappa shape index (κ2) is 6.54. The first-order chi connectivity index (χ1) is 10.2. The van der Waals surface area contributed by atoms with Crippen molar-refractivity contribution in [2.75, 3.05) is 19.8 Å². The molecule has 2 N–H and O–H groups in total. The molecule has 114 valence electrons. The first-order valence-electron chi connectivity index (χ1n) is 7.33. The average molecular weight is 311 g/mol. The highest BCUT2D eigenvalue weighted by Gasteiger charge is 2.21. The zero-order chi connectivity index (χ0) is 14.7. The Morgan fingerprint density at radius 1 is 1.29 bits per heavy atom. The smallest absolute Gasteiger partial charge is 0.237 e. The van der Waals surface area contributed by atoms with Crippen molar-refractivity contribution in [3.8, 4) is 11.5 Å². The predicted octanol–water partition coefficient (Wildman–Crippen LogP) is 1.87. The van der Waals surface area contributed by atoms with Crippen molar-refractivity contribution in [2.45, 2.75) is 31.8 Å². The summed E-state index contributed by atoms with van der Waals surface area (Å²) in [6, 6.07) is 3.64. The lowest BCUT2D eigenvalue weighted by Crippen LogP contribution is -2.42. The van der Waals surface area contributed by atoms with Gasteiger partial charge in [-0.05, 0) is 37.0 Å². The number of hydrogen-bond acceptors (Lipinski definition) is 4. The standard InChI is InChI=1S/C15H19ClN2O3/c16-11-7-10(8-13-14(11)21-6-5-20-13)9-18-12-3-1-2-4-17-15(12)19/h7-8,12,18H,1-6,9H2,(H,17,19)/t12-/m0/s1. The monoisotopic (exact) mass is 310 g/mol. The molecule has 2 aliphatic heterocycles. The number of carbonyl (C=O) groups is 1. The Kier molecular flexibility index (Phi) is 4.51. The quantitative estimate of drug-likeness (QED) is 0.895. The molecule has 1 amide bonds. The van der Waals surface area contributed by atoms with Crippen LogP contribution < -0.4 is 20.1 Å². The van der Waals surface area contributed by atoms with E-state index in [0.29, 0.717) is 36.3 Å². The molecular formula is C15H19ClN2O3. The van der Waals surface area contributed by atoms with Gasteiger partial charge in [0.1, 0.15) is 13.2 Å². The molecule has 1 aromatic rings. The summed E-state index contributed by atoms with van der Waals surface area (Å²) in [6.07, 6.45) is 2.96. The van der Waals surface area contributed by atoms with Crippen LogP contribution in [0, 0.1) is 0 Å². The van der Waals surface area contributed by atoms with E-state index < -0.39 is 0 Å². The summed E-state index contributed by atoms with van der Waals surface area (Å²) in [7, 11) is 0. The summed E-state index contributed by atoms with van der Waals surface area (Å²) < 4.78 is 11.1. The molecule has 6 heteroatoms. The molecule has 21 heavy (non-hydrogen) atoms. The van der Waals surface area contributed by atoms with Crippen LogP contribution >= 0.6 is 11.6 Å². The molecule has 1 fully saturated rings. The second-order valence-electron chi connectivity index (χ2n) is 5.32. The highest BCUT2D eigenvalue weighted by Crippen LogP contribution is 2.38. The Hall–Kier alpha value is -1.46. The van der Waals surface area contributed by atoms with Crippen LogP contribution in [0.3, 0.4) is 0 Å². The first-order valence-corrected chi connectivity index (χ1v) is 7.71. The summed E-state index contributed by atoms with van der Waals surface area (Å²) in [5, 5.41) is 6.76. The fourth-order valence-corrected chi connectivity index (χ4v) is 2.93. The van der Waals surface area contributed by atoms with E-state index in [1.165, 1.54) is 0 Å². The molecule has 1 aromatic carbocycles. The van der Waals surface area contributed by atoms with Gasteiger partial charge in [-0.1, -0.05) is 11.6 Å². The van der Waals surface area contributed by atoms with Gasteiger partial charge in [0.05, 0.1) is 11.1 Å². The molecule has 1 saturated heterocycles. The molecule has 0 aromatic heterocycles. The third kappa shape index (κ3) is 3.41. The lowest BCUT2D eigenvalue weighted by atomic mass is 10.1. The minimum absolute atomic E-state index is 0.0798. The summed E-state index contributed by atoms with van der Waals surface area (Å²) in [5.41, 5.74) is 0.987. The fraction of sp³-hybridized carbons (Fsp3) is 0.533. The van der Waals surface area contributed by atoms with Gasteiger partial charge in [-0.3, -0.25) is 4.79 Å². The number of nitrogens with one attached hydrogen (secondary N) is 2. The van der Waals surface area contributed by atoms with Gasteiger partial charge in [-0.2, -0.15) is 0 Å². The third-order valence-electron chi connectivity index (χ3n) is 3.74. The van der Waals surface area contributed by atoms with Gasteiger partial charge in [0.2, 0.25) is 5.91 Å². The molecule has 1 atom stereocenters. The van der Waals surface area contributed by atoms with Gasteiger partial charge in [-0.15, -0.1) is 0 Å². The van der Waals surface area contributed by atoms with Crippen LogP contribution in [0.25, 0.3) is 0 Å². The number of benzene rings is 1. The van der Waals surface area contributed by atoms with E-state index in [4.69, 9.17) is 21.1 Å². The van der Waals surface area contributed by atoms with Crippen molar-refractivity contribution in [1.29, 1.82) is 0 Å². The van der Waals surface area contributed by atoms with E-state index >= 15 is 0 Å². The number of halogens is 1. The van der Waals surface area contributed by atoms with Crippen LogP contribution in [0.15, 0.2) is 12.1 Å². The van der Waals surface area contributed by atoms with Crippen molar-refractivity contribution < 1.29 is 14.3 Å². The van der Waals surface area contributed by atoms with E-state index in [1.54, 1.807) is 0 Å². The SMILES string of the molecule is O=C1NCCCC[C@@H]1NCc1cc(Cl)c2c(c1)OCCO2. The maximum atomic E-state index is 11.9. The van der Waals surface area contributed by atoms with Crippen molar-refractivity contribution in [2.24, 2.45) is 0 Å². The molecule has 0 aliphatic carbocycles. The Morgan fingerprint density at radius 2 is 2.14 bits per heavy atom. The lowest BCUT2D eigenvalue weighted by Gasteiger charge is -2.21. The van der Waals surface area contributed by atoms with Crippen LogP contribution in [-0.2, 0) is 11.3 Å². The summed E-state index contributed by atoms with van der Waals surface area (Å²) in [5.74, 6) is 1.37. The number of fused-ring (bicyclic) bond motifs is 1. The number of carbonyl (C=O) groups excluding carboxylic acids is 1. The highest BCUT2D eigenvalue weighted by molar-refractivity contribution is 6.32. The van der Waals surface area contributed by atoms with Crippen molar-refractivity contribution in [3.63, 3.8) is 0 Å². The molecule has 5 nitrogen and oxygen atoms in total. The maximum Gasteiger partial charge on any atom is 0.237 e. The van der Waals surface area contributed by atoms with E-state index in [-0.39, 0.29) is 11.9 Å². The van der Waals surface area contributed by atoms with Gasteiger partial charge in [0.15, 0.2) is 11.5 Å². The van der Waals surface area contributed by atoms with Crippen LogP contribution in [0.1, 0.15) is 24.8 Å². The minimum atomic E-state index is -0.139. The van der Waals surface area contributed by atoms with Gasteiger partial charge in [-0.25, -0.2) is 0 Å². The molecule has 0 bridgehead atoms. The summed E-state index contributed by atoms with van der Waals surface area (Å²) in [4.78, 5) is 11.9. The van der Waals surface area contributed by atoms with E-state index in [0.717, 1.165) is 31.4 Å². The van der Waals surface area contributed by atoms with Crippen molar-refractivity contribution >= 4 is 17.5 Å². The predicted molar refractivity (Wildman–Crippen MR) is 79.9 cm³/mol. The second-order valence-corrected chi connectivity index (χ2v) is 5.73. The van der Waals surface area contributed by atoms with Gasteiger partial charge >= 0.3 is 0 Å². The van der Waals surface area contributed by atoms with Gasteiger partial charge in [0.25, 0.3) is 0 Å². The highest BCUT2D eigenvalue weighted by atomic mass is 35.5. The van der Waals surface area contributed by atoms with Crippen LogP contribution in [0.2, 0.25) is 5.02 Å². The number of ether oxygens (including phenoxy) is 2. The van der Waals surface area contributed by atoms with Crippen LogP contribution in [-0.4, -0.2) is 31.7 Å². The number of rotatable bonds is 3. The van der Waals surface area contributed by atoms with Crippen LogP contribution in [0.4, 0.5) is 0 Å². The Morgan fingerprint density at radius 3 is 3.05 bits per heavy atom. The molecule has 0 radical (unpaired) electrons. The van der Waals surface area contributed by atoms with E-state index in [2.05, 4.69) is 10.6 Å². The topological polar surface area (TPSA) is 59.6 Å². The van der Waals surface area contributed by atoms with Gasteiger partial charge < -0.3 is 20.1 Å². The average Bonchev–Trinajstić information content (AvgIpc) is 2.70. The molecule has 2 heterocycles. The minimum Gasteiger partial charge on any atom is -0.486 e. The van der Waals surface area contributed by atoms with Crippen molar-refractivity contribution in [3.05, 3.63) is 22.7 Å². The zero-order valence-electron chi connectivity index (χ0n) is 11.8. The first kappa shape index (κ1) is 14.5.